The van der Waals surface area contributed by atoms with Gasteiger partial charge >= 0.3 is 0 Å². The van der Waals surface area contributed by atoms with Crippen molar-refractivity contribution in [1.29, 1.82) is 0 Å². The Morgan fingerprint density at radius 1 is 1.38 bits per heavy atom. The highest BCUT2D eigenvalue weighted by atomic mass is 32.2. The zero-order chi connectivity index (χ0) is 12.2. The quantitative estimate of drug-likeness (QED) is 0.727. The van der Waals surface area contributed by atoms with Gasteiger partial charge in [-0.25, -0.2) is 0 Å². The number of nitrogens with one attached hydrogen (secondary N) is 1. The maximum absolute atomic E-state index is 12.2. The van der Waals surface area contributed by atoms with Crippen molar-refractivity contribution in [1.82, 2.24) is 13.9 Å². The van der Waals surface area contributed by atoms with Gasteiger partial charge in [0.25, 0.3) is 10.2 Å². The molecule has 0 radical (unpaired) electrons. The molecule has 1 unspecified atom stereocenters. The summed E-state index contributed by atoms with van der Waals surface area (Å²) < 4.78 is 27.5. The van der Waals surface area contributed by atoms with Crippen LogP contribution < -0.4 is 5.32 Å². The summed E-state index contributed by atoms with van der Waals surface area (Å²) in [5, 5.41) is 3.10. The summed E-state index contributed by atoms with van der Waals surface area (Å²) in [7, 11) is -1.31. The van der Waals surface area contributed by atoms with Crippen molar-refractivity contribution in [3.63, 3.8) is 0 Å². The zero-order valence-electron chi connectivity index (χ0n) is 10.4. The minimum atomic E-state index is -3.21. The third-order valence-corrected chi connectivity index (χ3v) is 5.25. The first-order chi connectivity index (χ1) is 7.56. The topological polar surface area (TPSA) is 52.7 Å². The molecule has 0 bridgehead atoms. The highest BCUT2D eigenvalue weighted by Gasteiger charge is 2.33. The molecule has 1 aliphatic rings. The summed E-state index contributed by atoms with van der Waals surface area (Å²) in [5.74, 6) is 0.454. The maximum Gasteiger partial charge on any atom is 0.281 e. The lowest BCUT2D eigenvalue weighted by Crippen LogP contribution is -2.42. The van der Waals surface area contributed by atoms with Crippen LogP contribution in [0.4, 0.5) is 0 Å². The van der Waals surface area contributed by atoms with E-state index in [2.05, 4.69) is 5.32 Å². The molecule has 0 saturated carbocycles. The van der Waals surface area contributed by atoms with Gasteiger partial charge in [0.15, 0.2) is 0 Å². The van der Waals surface area contributed by atoms with E-state index in [4.69, 9.17) is 0 Å². The fourth-order valence-corrected chi connectivity index (χ4v) is 3.89. The van der Waals surface area contributed by atoms with Crippen molar-refractivity contribution in [3.8, 4) is 0 Å². The Labute approximate surface area is 99.0 Å². The van der Waals surface area contributed by atoms with Crippen LogP contribution in [0.25, 0.3) is 0 Å². The summed E-state index contributed by atoms with van der Waals surface area (Å²) in [6.45, 7) is 7.05. The second kappa shape index (κ2) is 5.95. The van der Waals surface area contributed by atoms with Crippen molar-refractivity contribution in [2.75, 3.05) is 39.8 Å². The van der Waals surface area contributed by atoms with Crippen LogP contribution in [-0.4, -0.2) is 56.8 Å². The Hall–Kier alpha value is -0.170. The Bertz CT molecular complexity index is 301. The number of rotatable bonds is 6. The second-order valence-electron chi connectivity index (χ2n) is 4.16. The molecule has 1 N–H and O–H groups in total. The molecule has 1 fully saturated rings. The van der Waals surface area contributed by atoms with Gasteiger partial charge in [0.2, 0.25) is 0 Å². The summed E-state index contributed by atoms with van der Waals surface area (Å²) >= 11 is 0. The van der Waals surface area contributed by atoms with Gasteiger partial charge in [-0.05, 0) is 25.9 Å². The normalized spacial score (nSPS) is 23.1. The average molecular weight is 249 g/mol. The minimum absolute atomic E-state index is 0.454. The molecule has 0 aromatic carbocycles. The van der Waals surface area contributed by atoms with E-state index in [-0.39, 0.29) is 0 Å². The molecule has 1 saturated heterocycles. The van der Waals surface area contributed by atoms with E-state index in [0.29, 0.717) is 32.1 Å². The van der Waals surface area contributed by atoms with Gasteiger partial charge in [0.1, 0.15) is 0 Å². The molecule has 0 amide bonds. The van der Waals surface area contributed by atoms with E-state index in [1.165, 1.54) is 4.31 Å². The summed E-state index contributed by atoms with van der Waals surface area (Å²) in [4.78, 5) is 0. The highest BCUT2D eigenvalue weighted by molar-refractivity contribution is 7.86. The number of nitrogens with zero attached hydrogens (tertiary/aromatic N) is 2. The van der Waals surface area contributed by atoms with Gasteiger partial charge in [0.05, 0.1) is 0 Å². The summed E-state index contributed by atoms with van der Waals surface area (Å²) in [6.07, 6.45) is 0.960. The van der Waals surface area contributed by atoms with E-state index in [1.54, 1.807) is 4.31 Å². The fourth-order valence-electron chi connectivity index (χ4n) is 2.18. The molecule has 96 valence electrons. The van der Waals surface area contributed by atoms with Crippen LogP contribution in [0.2, 0.25) is 0 Å². The minimum Gasteiger partial charge on any atom is -0.319 e. The summed E-state index contributed by atoms with van der Waals surface area (Å²) in [6, 6.07) is 0. The van der Waals surface area contributed by atoms with Gasteiger partial charge in [-0.2, -0.15) is 17.0 Å². The largest absolute Gasteiger partial charge is 0.319 e. The molecular weight excluding hydrogens is 226 g/mol. The molecule has 0 aliphatic carbocycles. The molecule has 1 heterocycles. The molecule has 1 aliphatic heterocycles. The Morgan fingerprint density at radius 2 is 2.00 bits per heavy atom. The van der Waals surface area contributed by atoms with Gasteiger partial charge in [-0.1, -0.05) is 13.8 Å². The van der Waals surface area contributed by atoms with E-state index < -0.39 is 10.2 Å². The lowest BCUT2D eigenvalue weighted by molar-refractivity contribution is 0.372. The van der Waals surface area contributed by atoms with Crippen molar-refractivity contribution in [2.24, 2.45) is 5.92 Å². The van der Waals surface area contributed by atoms with Crippen molar-refractivity contribution in [3.05, 3.63) is 0 Å². The molecular formula is C10H23N3O2S. The second-order valence-corrected chi connectivity index (χ2v) is 6.09. The van der Waals surface area contributed by atoms with Crippen LogP contribution in [0.15, 0.2) is 0 Å². The lowest BCUT2D eigenvalue weighted by atomic mass is 10.1. The van der Waals surface area contributed by atoms with Crippen LogP contribution in [0.1, 0.15) is 20.3 Å². The number of hydrogen-bond donors (Lipinski definition) is 1. The van der Waals surface area contributed by atoms with Crippen LogP contribution in [0.3, 0.4) is 0 Å². The first-order valence-corrected chi connectivity index (χ1v) is 7.35. The van der Waals surface area contributed by atoms with Crippen molar-refractivity contribution >= 4 is 10.2 Å². The van der Waals surface area contributed by atoms with Gasteiger partial charge in [-0.3, -0.25) is 0 Å². The van der Waals surface area contributed by atoms with Crippen LogP contribution in [0, 0.1) is 5.92 Å². The Balaban J connectivity index is 2.64. The van der Waals surface area contributed by atoms with Crippen molar-refractivity contribution < 1.29 is 8.42 Å². The average Bonchev–Trinajstić information content (AvgIpc) is 2.69. The SMILES string of the molecule is CCN(CC)S(=O)(=O)N1CCC(CNC)C1. The van der Waals surface area contributed by atoms with Crippen LogP contribution >= 0.6 is 0 Å². The molecule has 5 nitrogen and oxygen atoms in total. The van der Waals surface area contributed by atoms with E-state index in [1.807, 2.05) is 20.9 Å². The predicted molar refractivity (Wildman–Crippen MR) is 65.4 cm³/mol. The Kier molecular flexibility index (Phi) is 5.17. The predicted octanol–water partition coefficient (Wildman–Crippen LogP) is 0.114. The van der Waals surface area contributed by atoms with Crippen LogP contribution in [0.5, 0.6) is 0 Å². The molecule has 0 aromatic heterocycles. The first-order valence-electron chi connectivity index (χ1n) is 5.96. The molecule has 1 atom stereocenters. The monoisotopic (exact) mass is 249 g/mol. The molecule has 16 heavy (non-hydrogen) atoms. The number of hydrogen-bond acceptors (Lipinski definition) is 3. The standard InChI is InChI=1S/C10H23N3O2S/c1-4-12(5-2)16(14,15)13-7-6-10(9-13)8-11-3/h10-11H,4-9H2,1-3H3. The van der Waals surface area contributed by atoms with Crippen molar-refractivity contribution in [2.45, 2.75) is 20.3 Å². The smallest absolute Gasteiger partial charge is 0.281 e. The van der Waals surface area contributed by atoms with E-state index in [0.717, 1.165) is 13.0 Å². The van der Waals surface area contributed by atoms with Gasteiger partial charge < -0.3 is 5.32 Å². The third kappa shape index (κ3) is 2.94. The van der Waals surface area contributed by atoms with Crippen LogP contribution in [-0.2, 0) is 10.2 Å². The lowest BCUT2D eigenvalue weighted by Gasteiger charge is -2.25. The van der Waals surface area contributed by atoms with E-state index >= 15 is 0 Å². The van der Waals surface area contributed by atoms with Gasteiger partial charge in [0, 0.05) is 26.2 Å². The maximum atomic E-state index is 12.2. The first kappa shape index (κ1) is 13.9. The highest BCUT2D eigenvalue weighted by Crippen LogP contribution is 2.20. The molecule has 0 aromatic rings. The zero-order valence-corrected chi connectivity index (χ0v) is 11.3. The molecule has 0 spiro atoms. The third-order valence-electron chi connectivity index (χ3n) is 3.10. The van der Waals surface area contributed by atoms with Gasteiger partial charge in [-0.15, -0.1) is 0 Å². The molecule has 1 rings (SSSR count). The summed E-state index contributed by atoms with van der Waals surface area (Å²) in [5.41, 5.74) is 0. The molecule has 6 heteroatoms. The fraction of sp³-hybridized carbons (Fsp3) is 1.00. The van der Waals surface area contributed by atoms with E-state index in [9.17, 15) is 8.42 Å². The Morgan fingerprint density at radius 3 is 2.50 bits per heavy atom.